The summed E-state index contributed by atoms with van der Waals surface area (Å²) in [5.41, 5.74) is 1.58. The molecular formula is C17H16N4O7S3. The van der Waals surface area contributed by atoms with Crippen LogP contribution in [0, 0.1) is 10.1 Å². The molecule has 0 atom stereocenters. The first kappa shape index (κ1) is 22.6. The van der Waals surface area contributed by atoms with Gasteiger partial charge >= 0.3 is 0 Å². The van der Waals surface area contributed by atoms with Crippen LogP contribution in [-0.2, 0) is 23.2 Å². The van der Waals surface area contributed by atoms with Crippen LogP contribution < -0.4 is 19.9 Å². The van der Waals surface area contributed by atoms with E-state index in [1.165, 1.54) is 36.6 Å². The summed E-state index contributed by atoms with van der Waals surface area (Å²) in [4.78, 5) is 28.0. The molecule has 0 spiro atoms. The van der Waals surface area contributed by atoms with Gasteiger partial charge in [0.25, 0.3) is 11.6 Å². The number of carbonyl (C=O) groups excluding carboxylic acids is 1. The van der Waals surface area contributed by atoms with Crippen molar-refractivity contribution in [2.45, 2.75) is 17.4 Å². The lowest BCUT2D eigenvalue weighted by molar-refractivity contribution is -0.385. The largest absolute Gasteiger partial charge is 0.493 e. The maximum Gasteiger partial charge on any atom is 0.286 e. The number of nitrogens with one attached hydrogen (secondary N) is 1. The van der Waals surface area contributed by atoms with Gasteiger partial charge in [-0.05, 0) is 12.1 Å². The zero-order chi connectivity index (χ0) is 22.6. The van der Waals surface area contributed by atoms with E-state index in [1.54, 1.807) is 10.9 Å². The summed E-state index contributed by atoms with van der Waals surface area (Å²) in [6.45, 7) is 0.0356. The SMILES string of the molecule is COc1cc(C(=O)NCc2ccc(S(N)(=O)=O)s2)c([N+](=O)[O-])cc1OCc1cscn1. The number of thiazole rings is 1. The third-order valence-electron chi connectivity index (χ3n) is 3.92. The fourth-order valence-corrected chi connectivity index (χ4v) is 4.75. The number of sulfonamides is 1. The zero-order valence-electron chi connectivity index (χ0n) is 15.9. The van der Waals surface area contributed by atoms with E-state index in [0.717, 1.165) is 17.4 Å². The van der Waals surface area contributed by atoms with Gasteiger partial charge in [-0.3, -0.25) is 14.9 Å². The monoisotopic (exact) mass is 484 g/mol. The van der Waals surface area contributed by atoms with Gasteiger partial charge in [-0.15, -0.1) is 22.7 Å². The smallest absolute Gasteiger partial charge is 0.286 e. The Morgan fingerprint density at radius 1 is 1.32 bits per heavy atom. The van der Waals surface area contributed by atoms with E-state index in [1.807, 2.05) is 0 Å². The second-order valence-electron chi connectivity index (χ2n) is 5.99. The summed E-state index contributed by atoms with van der Waals surface area (Å²) in [5.74, 6) is -0.505. The molecule has 11 nitrogen and oxygen atoms in total. The number of amides is 1. The molecule has 3 N–H and O–H groups in total. The second kappa shape index (κ2) is 9.38. The summed E-state index contributed by atoms with van der Waals surface area (Å²) in [6.07, 6.45) is 0. The molecule has 0 aliphatic heterocycles. The van der Waals surface area contributed by atoms with Crippen molar-refractivity contribution >= 4 is 44.3 Å². The number of hydrogen-bond donors (Lipinski definition) is 2. The average Bonchev–Trinajstić information content (AvgIpc) is 3.41. The Hall–Kier alpha value is -3.07. The molecule has 2 heterocycles. The van der Waals surface area contributed by atoms with Crippen LogP contribution >= 0.6 is 22.7 Å². The van der Waals surface area contributed by atoms with Gasteiger partial charge in [-0.25, -0.2) is 18.5 Å². The molecule has 0 saturated carbocycles. The van der Waals surface area contributed by atoms with E-state index >= 15 is 0 Å². The molecule has 0 aliphatic rings. The molecule has 3 aromatic rings. The Balaban J connectivity index is 1.80. The average molecular weight is 485 g/mol. The fourth-order valence-electron chi connectivity index (χ4n) is 2.48. The number of primary sulfonamides is 1. The van der Waals surface area contributed by atoms with E-state index < -0.39 is 26.5 Å². The molecule has 14 heteroatoms. The lowest BCUT2D eigenvalue weighted by atomic mass is 10.1. The fraction of sp³-hybridized carbons (Fsp3) is 0.176. The number of nitro groups is 1. The minimum absolute atomic E-state index is 0.0411. The van der Waals surface area contributed by atoms with Crippen molar-refractivity contribution in [3.63, 3.8) is 0 Å². The normalized spacial score (nSPS) is 11.2. The molecule has 1 aromatic carbocycles. The van der Waals surface area contributed by atoms with Crippen molar-refractivity contribution in [3.05, 3.63) is 61.4 Å². The first-order valence-electron chi connectivity index (χ1n) is 8.45. The second-order valence-corrected chi connectivity index (χ2v) is 9.67. The Kier molecular flexibility index (Phi) is 6.84. The van der Waals surface area contributed by atoms with Gasteiger partial charge in [0, 0.05) is 16.3 Å². The Labute approximate surface area is 184 Å². The van der Waals surface area contributed by atoms with E-state index in [9.17, 15) is 23.3 Å². The molecule has 0 bridgehead atoms. The molecule has 0 fully saturated rings. The van der Waals surface area contributed by atoms with Crippen molar-refractivity contribution in [2.24, 2.45) is 5.14 Å². The highest BCUT2D eigenvalue weighted by Crippen LogP contribution is 2.35. The highest BCUT2D eigenvalue weighted by Gasteiger charge is 2.25. The first-order chi connectivity index (χ1) is 14.7. The molecule has 31 heavy (non-hydrogen) atoms. The summed E-state index contributed by atoms with van der Waals surface area (Å²) in [6, 6.07) is 5.15. The predicted octanol–water partition coefficient (Wildman–Crippen LogP) is 2.28. The highest BCUT2D eigenvalue weighted by molar-refractivity contribution is 7.91. The molecule has 0 unspecified atom stereocenters. The zero-order valence-corrected chi connectivity index (χ0v) is 18.4. The van der Waals surface area contributed by atoms with Gasteiger partial charge in [0.2, 0.25) is 10.0 Å². The number of carbonyl (C=O) groups is 1. The van der Waals surface area contributed by atoms with Crippen molar-refractivity contribution in [1.82, 2.24) is 10.3 Å². The van der Waals surface area contributed by atoms with Gasteiger partial charge in [-0.1, -0.05) is 0 Å². The number of benzene rings is 1. The molecule has 0 saturated heterocycles. The summed E-state index contributed by atoms with van der Waals surface area (Å²) in [5, 5.41) is 20.9. The van der Waals surface area contributed by atoms with Gasteiger partial charge in [0.15, 0.2) is 11.5 Å². The number of rotatable bonds is 9. The van der Waals surface area contributed by atoms with Gasteiger partial charge in [-0.2, -0.15) is 0 Å². The van der Waals surface area contributed by atoms with Crippen LogP contribution in [0.25, 0.3) is 0 Å². The molecule has 0 radical (unpaired) electrons. The standard InChI is InChI=1S/C17H16N4O7S3/c1-27-14-4-12(17(22)19-6-11-2-3-16(30-11)31(18,25)26)13(21(23)24)5-15(14)28-7-10-8-29-9-20-10/h2-5,8-9H,6-7H2,1H3,(H,19,22)(H2,18,25,26). The first-order valence-corrected chi connectivity index (χ1v) is 11.8. The number of aromatic nitrogens is 1. The predicted molar refractivity (Wildman–Crippen MR) is 113 cm³/mol. The number of hydrogen-bond acceptors (Lipinski definition) is 10. The van der Waals surface area contributed by atoms with Crippen molar-refractivity contribution in [1.29, 1.82) is 0 Å². The topological polar surface area (TPSA) is 164 Å². The Bertz CT molecular complexity index is 1210. The van der Waals surface area contributed by atoms with Crippen LogP contribution in [0.3, 0.4) is 0 Å². The quantitative estimate of drug-likeness (QED) is 0.345. The minimum atomic E-state index is -3.84. The lowest BCUT2D eigenvalue weighted by Crippen LogP contribution is -2.23. The number of nitro benzene ring substituents is 1. The number of methoxy groups -OCH3 is 1. The minimum Gasteiger partial charge on any atom is -0.493 e. The van der Waals surface area contributed by atoms with Gasteiger partial charge in [0.1, 0.15) is 16.4 Å². The van der Waals surface area contributed by atoms with Crippen molar-refractivity contribution < 1.29 is 27.6 Å². The van der Waals surface area contributed by atoms with Crippen LogP contribution in [0.1, 0.15) is 20.9 Å². The van der Waals surface area contributed by atoms with Crippen molar-refractivity contribution in [2.75, 3.05) is 7.11 Å². The van der Waals surface area contributed by atoms with E-state index in [-0.39, 0.29) is 34.4 Å². The van der Waals surface area contributed by atoms with Crippen LogP contribution in [0.2, 0.25) is 0 Å². The van der Waals surface area contributed by atoms with Crippen LogP contribution in [0.4, 0.5) is 5.69 Å². The third kappa shape index (κ3) is 5.55. The molecular weight excluding hydrogens is 468 g/mol. The maximum absolute atomic E-state index is 12.6. The lowest BCUT2D eigenvalue weighted by Gasteiger charge is -2.12. The number of nitrogens with zero attached hydrogens (tertiary/aromatic N) is 2. The molecule has 0 aliphatic carbocycles. The Morgan fingerprint density at radius 2 is 2.10 bits per heavy atom. The number of ether oxygens (including phenoxy) is 2. The Morgan fingerprint density at radius 3 is 2.68 bits per heavy atom. The highest BCUT2D eigenvalue weighted by atomic mass is 32.2. The maximum atomic E-state index is 12.6. The van der Waals surface area contributed by atoms with Crippen LogP contribution in [-0.4, -0.2) is 31.3 Å². The number of nitrogens with two attached hydrogens (primary N) is 1. The third-order valence-corrected chi connectivity index (χ3v) is 7.08. The summed E-state index contributed by atoms with van der Waals surface area (Å²) in [7, 11) is -2.50. The molecule has 164 valence electrons. The summed E-state index contributed by atoms with van der Waals surface area (Å²) >= 11 is 2.27. The molecule has 2 aromatic heterocycles. The van der Waals surface area contributed by atoms with E-state index in [0.29, 0.717) is 10.6 Å². The van der Waals surface area contributed by atoms with E-state index in [4.69, 9.17) is 14.6 Å². The van der Waals surface area contributed by atoms with E-state index in [2.05, 4.69) is 10.3 Å². The van der Waals surface area contributed by atoms with Gasteiger partial charge < -0.3 is 14.8 Å². The molecule has 1 amide bonds. The van der Waals surface area contributed by atoms with Gasteiger partial charge in [0.05, 0.1) is 35.8 Å². The number of thiophene rings is 1. The van der Waals surface area contributed by atoms with Crippen molar-refractivity contribution in [3.8, 4) is 11.5 Å². The summed E-state index contributed by atoms with van der Waals surface area (Å²) < 4.78 is 33.5. The molecule has 3 rings (SSSR count). The van der Waals surface area contributed by atoms with Crippen LogP contribution in [0.15, 0.2) is 39.4 Å². The van der Waals surface area contributed by atoms with Crippen LogP contribution in [0.5, 0.6) is 11.5 Å².